The molecule has 0 bridgehead atoms. The number of hydrogen-bond donors (Lipinski definition) is 1. The first-order chi connectivity index (χ1) is 21.5. The van der Waals surface area contributed by atoms with Crippen LogP contribution in [0.3, 0.4) is 0 Å². The minimum absolute atomic E-state index is 0. The van der Waals surface area contributed by atoms with Gasteiger partial charge in [-0.3, -0.25) is 0 Å². The molecule has 0 spiro atoms. The minimum atomic E-state index is -3.27. The van der Waals surface area contributed by atoms with Crippen LogP contribution in [0.2, 0.25) is 0 Å². The first-order valence-corrected chi connectivity index (χ1v) is 22.0. The summed E-state index contributed by atoms with van der Waals surface area (Å²) in [6.07, 6.45) is 4.15. The summed E-state index contributed by atoms with van der Waals surface area (Å²) in [6.45, 7) is 14.0. The van der Waals surface area contributed by atoms with Crippen LogP contribution in [0.1, 0.15) is 51.7 Å². The van der Waals surface area contributed by atoms with Gasteiger partial charge < -0.3 is 33.2 Å². The molecule has 2 rings (SSSR count). The topological polar surface area (TPSA) is 181 Å². The molecule has 0 aliphatic heterocycles. The molecule has 5 atom stereocenters. The quantitative estimate of drug-likeness (QED) is 0.210. The molecule has 47 heavy (non-hydrogen) atoms. The van der Waals surface area contributed by atoms with Crippen molar-refractivity contribution in [3.8, 4) is 0 Å². The Hall–Kier alpha value is -1.27. The fourth-order valence-electron chi connectivity index (χ4n) is 3.52. The first-order valence-electron chi connectivity index (χ1n) is 14.7. The molecule has 0 saturated carbocycles. The van der Waals surface area contributed by atoms with Gasteiger partial charge in [-0.25, -0.2) is 0 Å². The van der Waals surface area contributed by atoms with E-state index in [4.69, 9.17) is 33.8 Å². The molecule has 0 radical (unpaired) electrons. The number of rotatable bonds is 15. The normalized spacial score (nSPS) is 14.7. The third-order valence-electron chi connectivity index (χ3n) is 6.00. The number of hydrogen-bond acceptors (Lipinski definition) is 11. The fraction of sp³-hybridized carbons (Fsp3) is 0.562. The second-order valence-corrected chi connectivity index (χ2v) is 20.0. The third kappa shape index (κ3) is 39.1. The number of aliphatic hydroxyl groups is 1. The molecule has 2 aromatic rings. The van der Waals surface area contributed by atoms with E-state index in [9.17, 15) is 18.6 Å². The van der Waals surface area contributed by atoms with Gasteiger partial charge in [-0.2, -0.15) is 19.2 Å². The van der Waals surface area contributed by atoms with E-state index in [1.165, 1.54) is 6.66 Å². The molecule has 0 aromatic heterocycles. The maximum absolute atomic E-state index is 12.2. The molecule has 2 aromatic carbocycles. The van der Waals surface area contributed by atoms with Gasteiger partial charge in [0.1, 0.15) is 14.3 Å². The fourth-order valence-corrected chi connectivity index (χ4v) is 7.80. The van der Waals surface area contributed by atoms with Crippen molar-refractivity contribution in [1.29, 1.82) is 0 Å². The van der Waals surface area contributed by atoms with Crippen molar-refractivity contribution in [2.24, 2.45) is 11.8 Å². The Balaban J connectivity index is -0.000000276. The first kappa shape index (κ1) is 52.5. The van der Waals surface area contributed by atoms with E-state index in [-0.39, 0.29) is 54.6 Å². The van der Waals surface area contributed by atoms with Crippen molar-refractivity contribution in [2.75, 3.05) is 51.4 Å². The van der Waals surface area contributed by atoms with E-state index >= 15 is 0 Å². The van der Waals surface area contributed by atoms with Crippen LogP contribution >= 0.6 is 21.7 Å². The molecule has 0 aliphatic rings. The monoisotopic (exact) mass is 728 g/mol. The predicted molar refractivity (Wildman–Crippen MR) is 179 cm³/mol. The van der Waals surface area contributed by atoms with Crippen molar-refractivity contribution in [3.05, 3.63) is 71.8 Å². The molecular formula is C32H52NaO11P3. The zero-order valence-corrected chi connectivity index (χ0v) is 33.8. The smallest absolute Gasteiger partial charge is 0.798 e. The molecule has 1 N–H and O–H groups in total. The van der Waals surface area contributed by atoms with Crippen LogP contribution in [-0.2, 0) is 55.6 Å². The van der Waals surface area contributed by atoms with E-state index in [2.05, 4.69) is 27.7 Å². The van der Waals surface area contributed by atoms with Crippen LogP contribution in [0.25, 0.3) is 0 Å². The van der Waals surface area contributed by atoms with Crippen molar-refractivity contribution < 1.29 is 81.9 Å². The van der Waals surface area contributed by atoms with Gasteiger partial charge in [0, 0.05) is 19.7 Å². The van der Waals surface area contributed by atoms with Crippen LogP contribution < -0.4 is 34.5 Å². The minimum Gasteiger partial charge on any atom is -0.798 e. The summed E-state index contributed by atoms with van der Waals surface area (Å²) in [5.41, 5.74) is 2.12. The molecule has 15 heteroatoms. The zero-order valence-electron chi connectivity index (χ0n) is 29.2. The Labute approximate surface area is 303 Å². The van der Waals surface area contributed by atoms with Gasteiger partial charge in [-0.05, 0) is 43.0 Å². The van der Waals surface area contributed by atoms with Crippen LogP contribution in [0, 0.1) is 11.8 Å². The molecular weight excluding hydrogens is 676 g/mol. The average molecular weight is 729 g/mol. The van der Waals surface area contributed by atoms with Crippen molar-refractivity contribution in [2.45, 2.75) is 53.8 Å². The molecule has 0 fully saturated rings. The standard InChI is InChI=1S/C14H23O2P.C9H13O3P.C7H17O2P.2CO2.Na/c1-4-13(2)11-17(3,15)12-16-10-14-8-6-5-7-9-14;1-13(10,11)8-12-7-9-5-3-2-4-6-9;1-4-7(2)5-10(3,9)6-8;2*2-1-3;/h5-9,13H,4,10-12H2,1-3H3;2-6H,7-8H2,1H3,(H,10,11);7-8H,4-6H2,1-3H3;;;/q;;;;;+1/p-1. The van der Waals surface area contributed by atoms with Gasteiger partial charge in [0.15, 0.2) is 0 Å². The maximum atomic E-state index is 12.2. The maximum Gasteiger partial charge on any atom is 1.00 e. The third-order valence-corrected chi connectivity index (χ3v) is 10.8. The zero-order chi connectivity index (χ0) is 36.1. The largest absolute Gasteiger partial charge is 1.00 e. The summed E-state index contributed by atoms with van der Waals surface area (Å²) in [5, 5.41) is 8.68. The van der Waals surface area contributed by atoms with Gasteiger partial charge in [-0.1, -0.05) is 101 Å². The number of benzene rings is 2. The summed E-state index contributed by atoms with van der Waals surface area (Å²) in [4.78, 5) is 43.2. The van der Waals surface area contributed by atoms with E-state index in [0.717, 1.165) is 30.1 Å². The number of ether oxygens (including phenoxy) is 2. The predicted octanol–water partition coefficient (Wildman–Crippen LogP) is 3.44. The Morgan fingerprint density at radius 2 is 1.00 bits per heavy atom. The van der Waals surface area contributed by atoms with Crippen molar-refractivity contribution >= 4 is 34.0 Å². The summed E-state index contributed by atoms with van der Waals surface area (Å²) in [6, 6.07) is 19.5. The average Bonchev–Trinajstić information content (AvgIpc) is 2.98. The SMILES string of the molecule is CCC(C)CP(C)(=O)CO.CCC(C)CP(C)(=O)COCc1ccccc1.CP(=O)([O-])COCc1ccccc1.O=C=O.O=C=O.[Na+]. The molecule has 262 valence electrons. The summed E-state index contributed by atoms with van der Waals surface area (Å²) in [5.74, 6) is 0.995. The summed E-state index contributed by atoms with van der Waals surface area (Å²) >= 11 is 0. The molecule has 0 aliphatic carbocycles. The van der Waals surface area contributed by atoms with Gasteiger partial charge in [0.05, 0.1) is 32.3 Å². The summed E-state index contributed by atoms with van der Waals surface area (Å²) in [7, 11) is -7.59. The summed E-state index contributed by atoms with van der Waals surface area (Å²) < 4.78 is 44.8. The van der Waals surface area contributed by atoms with Gasteiger partial charge >= 0.3 is 41.9 Å². The van der Waals surface area contributed by atoms with Crippen LogP contribution in [-0.4, -0.2) is 68.8 Å². The van der Waals surface area contributed by atoms with Crippen LogP contribution in [0.4, 0.5) is 0 Å². The Morgan fingerprint density at radius 3 is 1.30 bits per heavy atom. The van der Waals surface area contributed by atoms with Crippen LogP contribution in [0.5, 0.6) is 0 Å². The second-order valence-electron chi connectivity index (χ2n) is 11.2. The van der Waals surface area contributed by atoms with E-state index < -0.39 is 21.7 Å². The van der Waals surface area contributed by atoms with E-state index in [1.54, 1.807) is 6.66 Å². The molecule has 0 amide bonds. The molecule has 5 unspecified atom stereocenters. The number of aliphatic hydroxyl groups excluding tert-OH is 1. The van der Waals surface area contributed by atoms with Crippen molar-refractivity contribution in [3.63, 3.8) is 0 Å². The van der Waals surface area contributed by atoms with E-state index in [1.807, 2.05) is 67.3 Å². The van der Waals surface area contributed by atoms with E-state index in [0.29, 0.717) is 37.6 Å². The molecule has 11 nitrogen and oxygen atoms in total. The van der Waals surface area contributed by atoms with Crippen molar-refractivity contribution in [1.82, 2.24) is 0 Å². The Bertz CT molecular complexity index is 1220. The van der Waals surface area contributed by atoms with Gasteiger partial charge in [0.25, 0.3) is 0 Å². The molecule has 0 heterocycles. The Morgan fingerprint density at radius 1 is 0.681 bits per heavy atom. The Kier molecular flexibility index (Phi) is 35.7. The van der Waals surface area contributed by atoms with Crippen LogP contribution in [0.15, 0.2) is 60.7 Å². The second kappa shape index (κ2) is 32.0. The molecule has 0 saturated heterocycles. The number of carbonyl (C=O) groups excluding carboxylic acids is 4. The van der Waals surface area contributed by atoms with Gasteiger partial charge in [-0.15, -0.1) is 0 Å². The van der Waals surface area contributed by atoms with Gasteiger partial charge in [0.2, 0.25) is 0 Å².